The van der Waals surface area contributed by atoms with Gasteiger partial charge in [-0.3, -0.25) is 0 Å². The normalized spacial score (nSPS) is 10.9. The van der Waals surface area contributed by atoms with E-state index in [0.29, 0.717) is 6.42 Å². The summed E-state index contributed by atoms with van der Waals surface area (Å²) in [6.07, 6.45) is 5.30. The molecule has 1 aromatic rings. The van der Waals surface area contributed by atoms with Crippen LogP contribution in [-0.4, -0.2) is 12.4 Å². The molecule has 1 aromatic carbocycles. The highest BCUT2D eigenvalue weighted by atomic mass is 16.5. The van der Waals surface area contributed by atoms with Gasteiger partial charge in [0, 0.05) is 6.42 Å². The molecule has 80 valence electrons. The van der Waals surface area contributed by atoms with Crippen LogP contribution in [0.15, 0.2) is 30.3 Å². The summed E-state index contributed by atoms with van der Waals surface area (Å²) < 4.78 is 5.51. The Bertz CT molecular complexity index is 323. The van der Waals surface area contributed by atoms with Gasteiger partial charge in [0.1, 0.15) is 12.0 Å². The fourth-order valence-electron chi connectivity index (χ4n) is 1.19. The average Bonchev–Trinajstić information content (AvgIpc) is 2.20. The third-order valence-corrected chi connectivity index (χ3v) is 1.79. The van der Waals surface area contributed by atoms with Crippen LogP contribution in [0.5, 0.6) is 5.75 Å². The van der Waals surface area contributed by atoms with E-state index in [1.54, 1.807) is 0 Å². The van der Waals surface area contributed by atoms with Crippen molar-refractivity contribution in [1.82, 2.24) is 0 Å². The van der Waals surface area contributed by atoms with Gasteiger partial charge < -0.3 is 9.53 Å². The van der Waals surface area contributed by atoms with Crippen molar-refractivity contribution < 1.29 is 9.53 Å². The SMILES string of the molecule is CC(C)Oc1ccc(C=CCC=O)cc1. The monoisotopic (exact) mass is 204 g/mol. The summed E-state index contributed by atoms with van der Waals surface area (Å²) in [5, 5.41) is 0. The zero-order valence-electron chi connectivity index (χ0n) is 9.14. The smallest absolute Gasteiger partial charge is 0.123 e. The van der Waals surface area contributed by atoms with E-state index in [2.05, 4.69) is 0 Å². The maximum atomic E-state index is 10.1. The Kier molecular flexibility index (Phi) is 4.61. The van der Waals surface area contributed by atoms with Crippen molar-refractivity contribution in [2.24, 2.45) is 0 Å². The average molecular weight is 204 g/mol. The molecule has 2 heteroatoms. The second kappa shape index (κ2) is 6.02. The molecule has 1 rings (SSSR count). The molecule has 0 aliphatic rings. The molecule has 0 atom stereocenters. The molecule has 0 saturated carbocycles. The Morgan fingerprint density at radius 1 is 1.27 bits per heavy atom. The lowest BCUT2D eigenvalue weighted by atomic mass is 10.2. The zero-order valence-corrected chi connectivity index (χ0v) is 9.14. The first kappa shape index (κ1) is 11.5. The molecular formula is C13H16O2. The summed E-state index contributed by atoms with van der Waals surface area (Å²) in [6.45, 7) is 4.00. The van der Waals surface area contributed by atoms with Gasteiger partial charge in [0.05, 0.1) is 6.10 Å². The minimum Gasteiger partial charge on any atom is -0.491 e. The topological polar surface area (TPSA) is 26.3 Å². The number of carbonyl (C=O) groups excluding carboxylic acids is 1. The second-order valence-electron chi connectivity index (χ2n) is 3.54. The highest BCUT2D eigenvalue weighted by Crippen LogP contribution is 2.14. The molecule has 0 aliphatic carbocycles. The number of benzene rings is 1. The lowest BCUT2D eigenvalue weighted by molar-refractivity contribution is -0.107. The Hall–Kier alpha value is -1.57. The number of rotatable bonds is 5. The van der Waals surface area contributed by atoms with Crippen molar-refractivity contribution in [3.05, 3.63) is 35.9 Å². The maximum Gasteiger partial charge on any atom is 0.123 e. The third kappa shape index (κ3) is 4.45. The number of ether oxygens (including phenoxy) is 1. The van der Waals surface area contributed by atoms with E-state index in [1.807, 2.05) is 50.3 Å². The van der Waals surface area contributed by atoms with Gasteiger partial charge in [-0.2, -0.15) is 0 Å². The van der Waals surface area contributed by atoms with Crippen LogP contribution in [-0.2, 0) is 4.79 Å². The van der Waals surface area contributed by atoms with E-state index in [0.717, 1.165) is 17.6 Å². The maximum absolute atomic E-state index is 10.1. The Morgan fingerprint density at radius 2 is 1.93 bits per heavy atom. The lowest BCUT2D eigenvalue weighted by Crippen LogP contribution is -2.05. The van der Waals surface area contributed by atoms with Crippen molar-refractivity contribution >= 4 is 12.4 Å². The molecule has 0 amide bonds. The molecule has 15 heavy (non-hydrogen) atoms. The van der Waals surface area contributed by atoms with Crippen molar-refractivity contribution in [3.63, 3.8) is 0 Å². The predicted molar refractivity (Wildman–Crippen MR) is 61.9 cm³/mol. The summed E-state index contributed by atoms with van der Waals surface area (Å²) in [4.78, 5) is 10.1. The van der Waals surface area contributed by atoms with Crippen molar-refractivity contribution in [2.75, 3.05) is 0 Å². The van der Waals surface area contributed by atoms with Gasteiger partial charge in [-0.1, -0.05) is 24.3 Å². The molecule has 0 aromatic heterocycles. The number of allylic oxidation sites excluding steroid dienone is 1. The largest absolute Gasteiger partial charge is 0.491 e. The standard InChI is InChI=1S/C13H16O2/c1-11(2)15-13-8-6-12(7-9-13)5-3-4-10-14/h3,5-11H,4H2,1-2H3. The molecule has 0 unspecified atom stereocenters. The van der Waals surface area contributed by atoms with Gasteiger partial charge in [-0.15, -0.1) is 0 Å². The molecule has 0 heterocycles. The quantitative estimate of drug-likeness (QED) is 0.689. The molecule has 0 spiro atoms. The van der Waals surface area contributed by atoms with Crippen LogP contribution in [0.1, 0.15) is 25.8 Å². The highest BCUT2D eigenvalue weighted by Gasteiger charge is 1.95. The van der Waals surface area contributed by atoms with Gasteiger partial charge in [0.15, 0.2) is 0 Å². The third-order valence-electron chi connectivity index (χ3n) is 1.79. The number of carbonyl (C=O) groups is 1. The summed E-state index contributed by atoms with van der Waals surface area (Å²) in [7, 11) is 0. The van der Waals surface area contributed by atoms with Crippen LogP contribution in [0.3, 0.4) is 0 Å². The van der Waals surface area contributed by atoms with Crippen LogP contribution in [0.2, 0.25) is 0 Å². The minimum absolute atomic E-state index is 0.196. The molecular weight excluding hydrogens is 188 g/mol. The van der Waals surface area contributed by atoms with Crippen LogP contribution in [0.4, 0.5) is 0 Å². The highest BCUT2D eigenvalue weighted by molar-refractivity contribution is 5.58. The molecule has 0 saturated heterocycles. The van der Waals surface area contributed by atoms with E-state index in [1.165, 1.54) is 0 Å². The van der Waals surface area contributed by atoms with Gasteiger partial charge in [0.2, 0.25) is 0 Å². The predicted octanol–water partition coefficient (Wildman–Crippen LogP) is 3.08. The summed E-state index contributed by atoms with van der Waals surface area (Å²) in [5.41, 5.74) is 1.08. The molecule has 0 bridgehead atoms. The van der Waals surface area contributed by atoms with Crippen LogP contribution in [0.25, 0.3) is 6.08 Å². The van der Waals surface area contributed by atoms with E-state index >= 15 is 0 Å². The van der Waals surface area contributed by atoms with E-state index in [-0.39, 0.29) is 6.10 Å². The van der Waals surface area contributed by atoms with E-state index in [4.69, 9.17) is 4.74 Å². The number of hydrogen-bond acceptors (Lipinski definition) is 2. The second-order valence-corrected chi connectivity index (χ2v) is 3.54. The van der Waals surface area contributed by atoms with Gasteiger partial charge in [0.25, 0.3) is 0 Å². The Morgan fingerprint density at radius 3 is 2.47 bits per heavy atom. The van der Waals surface area contributed by atoms with Crippen molar-refractivity contribution in [2.45, 2.75) is 26.4 Å². The summed E-state index contributed by atoms with van der Waals surface area (Å²) in [6, 6.07) is 7.80. The molecule has 0 N–H and O–H groups in total. The molecule has 2 nitrogen and oxygen atoms in total. The fourth-order valence-corrected chi connectivity index (χ4v) is 1.19. The molecule has 0 fully saturated rings. The van der Waals surface area contributed by atoms with Gasteiger partial charge in [-0.25, -0.2) is 0 Å². The van der Waals surface area contributed by atoms with Gasteiger partial charge >= 0.3 is 0 Å². The molecule has 0 radical (unpaired) electrons. The zero-order chi connectivity index (χ0) is 11.1. The first-order chi connectivity index (χ1) is 7.22. The fraction of sp³-hybridized carbons (Fsp3) is 0.308. The Labute approximate surface area is 90.6 Å². The summed E-state index contributed by atoms with van der Waals surface area (Å²) >= 11 is 0. The van der Waals surface area contributed by atoms with Gasteiger partial charge in [-0.05, 0) is 31.5 Å². The minimum atomic E-state index is 0.196. The van der Waals surface area contributed by atoms with E-state index < -0.39 is 0 Å². The lowest BCUT2D eigenvalue weighted by Gasteiger charge is -2.09. The Balaban J connectivity index is 2.59. The number of aldehydes is 1. The van der Waals surface area contributed by atoms with Crippen LogP contribution < -0.4 is 4.74 Å². The van der Waals surface area contributed by atoms with Crippen LogP contribution in [0, 0.1) is 0 Å². The van der Waals surface area contributed by atoms with Crippen molar-refractivity contribution in [1.29, 1.82) is 0 Å². The van der Waals surface area contributed by atoms with Crippen LogP contribution >= 0.6 is 0 Å². The first-order valence-corrected chi connectivity index (χ1v) is 5.09. The van der Waals surface area contributed by atoms with E-state index in [9.17, 15) is 4.79 Å². The summed E-state index contributed by atoms with van der Waals surface area (Å²) in [5.74, 6) is 0.873. The molecule has 0 aliphatic heterocycles. The number of hydrogen-bond donors (Lipinski definition) is 0. The van der Waals surface area contributed by atoms with Crippen molar-refractivity contribution in [3.8, 4) is 5.75 Å². The first-order valence-electron chi connectivity index (χ1n) is 5.09.